The Bertz CT molecular complexity index is 645. The van der Waals surface area contributed by atoms with Crippen molar-refractivity contribution in [1.29, 1.82) is 0 Å². The molecule has 2 N–H and O–H groups in total. The topological polar surface area (TPSA) is 85.1 Å². The summed E-state index contributed by atoms with van der Waals surface area (Å²) in [4.78, 5) is 28.3. The van der Waals surface area contributed by atoms with Crippen LogP contribution in [-0.2, 0) is 14.3 Å². The van der Waals surface area contributed by atoms with E-state index in [0.29, 0.717) is 58.0 Å². The van der Waals surface area contributed by atoms with Crippen molar-refractivity contribution in [3.8, 4) is 5.75 Å². The van der Waals surface area contributed by atoms with Crippen LogP contribution in [0.2, 0.25) is 0 Å². The molecule has 0 bridgehead atoms. The molecule has 2 heterocycles. The first-order valence-electron chi connectivity index (χ1n) is 8.80. The van der Waals surface area contributed by atoms with E-state index in [4.69, 9.17) is 15.2 Å². The minimum absolute atomic E-state index is 0. The fraction of sp³-hybridized carbons (Fsp3) is 0.556. The molecule has 2 saturated heterocycles. The van der Waals surface area contributed by atoms with Crippen LogP contribution in [0.4, 0.5) is 4.39 Å². The average molecular weight is 402 g/mol. The number of nitrogens with zero attached hydrogens (tertiary/aromatic N) is 2. The number of halogens is 2. The highest BCUT2D eigenvalue weighted by atomic mass is 35.5. The molecule has 2 aliphatic heterocycles. The van der Waals surface area contributed by atoms with E-state index in [1.54, 1.807) is 9.80 Å². The second kappa shape index (κ2) is 9.34. The molecular weight excluding hydrogens is 377 g/mol. The van der Waals surface area contributed by atoms with Gasteiger partial charge in [-0.1, -0.05) is 0 Å². The Hall–Kier alpha value is -1.90. The smallest absolute Gasteiger partial charge is 0.260 e. The van der Waals surface area contributed by atoms with Crippen molar-refractivity contribution >= 4 is 24.2 Å². The third kappa shape index (κ3) is 5.31. The number of piperazine rings is 1. The van der Waals surface area contributed by atoms with Crippen LogP contribution in [-0.4, -0.2) is 73.2 Å². The Kier molecular flexibility index (Phi) is 7.41. The first-order valence-corrected chi connectivity index (χ1v) is 8.80. The molecule has 0 aromatic heterocycles. The molecule has 27 heavy (non-hydrogen) atoms. The molecule has 0 aliphatic carbocycles. The first kappa shape index (κ1) is 21.4. The lowest BCUT2D eigenvalue weighted by atomic mass is 9.89. The van der Waals surface area contributed by atoms with Gasteiger partial charge in [0, 0.05) is 39.4 Å². The minimum atomic E-state index is -0.851. The van der Waals surface area contributed by atoms with Crippen molar-refractivity contribution in [2.24, 2.45) is 5.73 Å². The Morgan fingerprint density at radius 1 is 1.07 bits per heavy atom. The molecule has 0 spiro atoms. The van der Waals surface area contributed by atoms with Crippen molar-refractivity contribution < 1.29 is 23.5 Å². The summed E-state index contributed by atoms with van der Waals surface area (Å²) >= 11 is 0. The summed E-state index contributed by atoms with van der Waals surface area (Å²) in [6, 6.07) is 5.52. The lowest BCUT2D eigenvalue weighted by Crippen LogP contribution is -2.61. The molecule has 1 aromatic rings. The van der Waals surface area contributed by atoms with Crippen molar-refractivity contribution in [2.45, 2.75) is 18.4 Å². The van der Waals surface area contributed by atoms with Gasteiger partial charge in [0.05, 0.1) is 5.54 Å². The number of carbonyl (C=O) groups excluding carboxylic acids is 2. The van der Waals surface area contributed by atoms with Gasteiger partial charge in [-0.2, -0.15) is 0 Å². The van der Waals surface area contributed by atoms with Crippen molar-refractivity contribution in [3.63, 3.8) is 0 Å². The van der Waals surface area contributed by atoms with E-state index >= 15 is 0 Å². The molecule has 0 saturated carbocycles. The highest BCUT2D eigenvalue weighted by Gasteiger charge is 2.40. The number of amides is 2. The summed E-state index contributed by atoms with van der Waals surface area (Å²) in [5, 5.41) is 0. The van der Waals surface area contributed by atoms with Crippen LogP contribution in [0.3, 0.4) is 0 Å². The van der Waals surface area contributed by atoms with E-state index in [9.17, 15) is 14.0 Å². The number of carbonyl (C=O) groups is 2. The summed E-state index contributed by atoms with van der Waals surface area (Å²) < 4.78 is 23.5. The third-order valence-electron chi connectivity index (χ3n) is 4.91. The lowest BCUT2D eigenvalue weighted by Gasteiger charge is -2.40. The Morgan fingerprint density at radius 2 is 1.63 bits per heavy atom. The lowest BCUT2D eigenvalue weighted by molar-refractivity contribution is -0.146. The maximum absolute atomic E-state index is 12.9. The molecule has 0 atom stereocenters. The van der Waals surface area contributed by atoms with Crippen LogP contribution in [0.15, 0.2) is 24.3 Å². The van der Waals surface area contributed by atoms with Gasteiger partial charge in [-0.15, -0.1) is 12.4 Å². The SMILES string of the molecule is Cl.NC1(C(=O)N2CCN(C(=O)COc3ccc(F)cc3)CC2)CCOCC1. The molecule has 2 aliphatic rings. The van der Waals surface area contributed by atoms with E-state index in [-0.39, 0.29) is 36.6 Å². The third-order valence-corrected chi connectivity index (χ3v) is 4.91. The van der Waals surface area contributed by atoms with Gasteiger partial charge in [-0.3, -0.25) is 9.59 Å². The molecule has 9 heteroatoms. The highest BCUT2D eigenvalue weighted by molar-refractivity contribution is 5.86. The Balaban J connectivity index is 0.00000261. The zero-order valence-corrected chi connectivity index (χ0v) is 15.9. The average Bonchev–Trinajstić information content (AvgIpc) is 2.67. The molecule has 1 aromatic carbocycles. The standard InChI is InChI=1S/C18H24FN3O4.ClH/c19-14-1-3-15(4-2-14)26-13-16(23)21-7-9-22(10-8-21)17(24)18(20)5-11-25-12-6-18;/h1-4H,5-13,20H2;1H. The van der Waals surface area contributed by atoms with Crippen molar-refractivity contribution in [1.82, 2.24) is 9.80 Å². The normalized spacial score (nSPS) is 19.2. The fourth-order valence-electron chi connectivity index (χ4n) is 3.19. The Labute approximate surface area is 164 Å². The summed E-state index contributed by atoms with van der Waals surface area (Å²) in [5.74, 6) is -0.129. The first-order chi connectivity index (χ1) is 12.5. The second-order valence-electron chi connectivity index (χ2n) is 6.68. The summed E-state index contributed by atoms with van der Waals surface area (Å²) in [6.45, 7) is 2.70. The quantitative estimate of drug-likeness (QED) is 0.806. The predicted molar refractivity (Wildman–Crippen MR) is 99.3 cm³/mol. The van der Waals surface area contributed by atoms with E-state index in [1.165, 1.54) is 24.3 Å². The van der Waals surface area contributed by atoms with E-state index < -0.39 is 5.54 Å². The molecular formula is C18H25ClFN3O4. The summed E-state index contributed by atoms with van der Waals surface area (Å²) in [6.07, 6.45) is 1.05. The number of hydrogen-bond donors (Lipinski definition) is 1. The van der Waals surface area contributed by atoms with Gasteiger partial charge < -0.3 is 25.0 Å². The Morgan fingerprint density at radius 3 is 2.22 bits per heavy atom. The molecule has 150 valence electrons. The fourth-order valence-corrected chi connectivity index (χ4v) is 3.19. The number of hydrogen-bond acceptors (Lipinski definition) is 5. The van der Waals surface area contributed by atoms with E-state index in [0.717, 1.165) is 0 Å². The van der Waals surface area contributed by atoms with E-state index in [1.807, 2.05) is 0 Å². The number of benzene rings is 1. The number of ether oxygens (including phenoxy) is 2. The van der Waals surface area contributed by atoms with E-state index in [2.05, 4.69) is 0 Å². The van der Waals surface area contributed by atoms with Crippen LogP contribution in [0.25, 0.3) is 0 Å². The van der Waals surface area contributed by atoms with Crippen LogP contribution in [0.5, 0.6) is 5.75 Å². The largest absolute Gasteiger partial charge is 0.484 e. The molecule has 7 nitrogen and oxygen atoms in total. The number of rotatable bonds is 4. The van der Waals surface area contributed by atoms with Crippen LogP contribution < -0.4 is 10.5 Å². The predicted octanol–water partition coefficient (Wildman–Crippen LogP) is 0.805. The van der Waals surface area contributed by atoms with Crippen molar-refractivity contribution in [2.75, 3.05) is 46.0 Å². The summed E-state index contributed by atoms with van der Waals surface area (Å²) in [5.41, 5.74) is 5.40. The zero-order chi connectivity index (χ0) is 18.6. The molecule has 0 unspecified atom stereocenters. The van der Waals surface area contributed by atoms with Crippen LogP contribution in [0, 0.1) is 5.82 Å². The molecule has 3 rings (SSSR count). The zero-order valence-electron chi connectivity index (χ0n) is 15.1. The van der Waals surface area contributed by atoms with Gasteiger partial charge in [0.15, 0.2) is 6.61 Å². The minimum Gasteiger partial charge on any atom is -0.484 e. The maximum atomic E-state index is 12.9. The van der Waals surface area contributed by atoms with Crippen LogP contribution in [0.1, 0.15) is 12.8 Å². The van der Waals surface area contributed by atoms with Crippen molar-refractivity contribution in [3.05, 3.63) is 30.1 Å². The number of nitrogens with two attached hydrogens (primary N) is 1. The highest BCUT2D eigenvalue weighted by Crippen LogP contribution is 2.21. The van der Waals surface area contributed by atoms with Gasteiger partial charge in [0.25, 0.3) is 5.91 Å². The summed E-state index contributed by atoms with van der Waals surface area (Å²) in [7, 11) is 0. The van der Waals surface area contributed by atoms with Gasteiger partial charge in [-0.25, -0.2) is 4.39 Å². The van der Waals surface area contributed by atoms with Gasteiger partial charge in [0.2, 0.25) is 5.91 Å². The monoisotopic (exact) mass is 401 g/mol. The molecule has 0 radical (unpaired) electrons. The molecule has 2 amide bonds. The van der Waals surface area contributed by atoms with Gasteiger partial charge in [0.1, 0.15) is 11.6 Å². The van der Waals surface area contributed by atoms with Gasteiger partial charge in [-0.05, 0) is 37.1 Å². The van der Waals surface area contributed by atoms with Gasteiger partial charge >= 0.3 is 0 Å². The maximum Gasteiger partial charge on any atom is 0.260 e. The van der Waals surface area contributed by atoms with Crippen LogP contribution >= 0.6 is 12.4 Å². The molecule has 2 fully saturated rings. The second-order valence-corrected chi connectivity index (χ2v) is 6.68.